The number of rotatable bonds is 11. The first-order valence-electron chi connectivity index (χ1n) is 12.1. The van der Waals surface area contributed by atoms with Crippen LogP contribution in [0.15, 0.2) is 12.2 Å². The van der Waals surface area contributed by atoms with Gasteiger partial charge < -0.3 is 5.11 Å². The first kappa shape index (κ1) is 23.1. The molecule has 2 aliphatic carbocycles. The number of carboxylic acid groups (broad SMARTS) is 1. The molecule has 158 valence electrons. The summed E-state index contributed by atoms with van der Waals surface area (Å²) in [6.07, 6.45) is 23.7. The Labute approximate surface area is 173 Å². The lowest BCUT2D eigenvalue weighted by Crippen LogP contribution is -2.18. The van der Waals surface area contributed by atoms with Crippen LogP contribution in [0.25, 0.3) is 0 Å². The van der Waals surface area contributed by atoms with Gasteiger partial charge in [0.2, 0.25) is 0 Å². The Kier molecular flexibility index (Phi) is 11.4. The molecule has 2 aliphatic rings. The molecule has 0 radical (unpaired) electrons. The molecule has 1 unspecified atom stereocenters. The maximum atomic E-state index is 10.6. The number of hydrogen-bond donors (Lipinski definition) is 1. The van der Waals surface area contributed by atoms with Crippen LogP contribution < -0.4 is 0 Å². The summed E-state index contributed by atoms with van der Waals surface area (Å²) >= 11 is 0. The van der Waals surface area contributed by atoms with Gasteiger partial charge in [0.05, 0.1) is 0 Å². The third-order valence-corrected chi connectivity index (χ3v) is 6.92. The quantitative estimate of drug-likeness (QED) is 0.228. The summed E-state index contributed by atoms with van der Waals surface area (Å²) in [7, 11) is 0. The van der Waals surface area contributed by atoms with E-state index in [9.17, 15) is 4.79 Å². The second kappa shape index (κ2) is 13.9. The van der Waals surface area contributed by atoms with Crippen LogP contribution in [0.5, 0.6) is 0 Å². The molecule has 0 spiro atoms. The van der Waals surface area contributed by atoms with Crippen LogP contribution in [0.2, 0.25) is 0 Å². The molecule has 0 aromatic carbocycles. The van der Waals surface area contributed by atoms with Gasteiger partial charge >= 0.3 is 5.97 Å². The number of unbranched alkanes of at least 4 members (excludes halogenated alkanes) is 2. The van der Waals surface area contributed by atoms with Gasteiger partial charge in [-0.05, 0) is 56.3 Å². The summed E-state index contributed by atoms with van der Waals surface area (Å²) in [4.78, 5) is 10.6. The van der Waals surface area contributed by atoms with Gasteiger partial charge in [0.1, 0.15) is 0 Å². The molecule has 0 saturated heterocycles. The molecule has 0 heterocycles. The Bertz CT molecular complexity index is 518. The number of allylic oxidation sites excluding steroid dienone is 2. The Morgan fingerprint density at radius 2 is 1.89 bits per heavy atom. The normalized spacial score (nSPS) is 24.2. The van der Waals surface area contributed by atoms with Crippen LogP contribution in [-0.4, -0.2) is 11.1 Å². The number of carbonyl (C=O) groups is 1. The van der Waals surface area contributed by atoms with E-state index in [0.717, 1.165) is 37.5 Å². The summed E-state index contributed by atoms with van der Waals surface area (Å²) < 4.78 is 0. The Hall–Kier alpha value is -1.23. The van der Waals surface area contributed by atoms with Crippen LogP contribution >= 0.6 is 0 Å². The van der Waals surface area contributed by atoms with Crippen LogP contribution in [0.1, 0.15) is 110 Å². The molecule has 2 heteroatoms. The Balaban J connectivity index is 1.77. The van der Waals surface area contributed by atoms with Gasteiger partial charge in [0.25, 0.3) is 0 Å². The molecule has 1 N–H and O–H groups in total. The Morgan fingerprint density at radius 1 is 1.07 bits per heavy atom. The maximum Gasteiger partial charge on any atom is 0.303 e. The first-order valence-corrected chi connectivity index (χ1v) is 12.1. The Morgan fingerprint density at radius 3 is 2.64 bits per heavy atom. The van der Waals surface area contributed by atoms with E-state index >= 15 is 0 Å². The number of carboxylic acids is 1. The van der Waals surface area contributed by atoms with Crippen LogP contribution in [0, 0.1) is 35.5 Å². The zero-order valence-corrected chi connectivity index (χ0v) is 18.1. The van der Waals surface area contributed by atoms with Gasteiger partial charge in [-0.15, -0.1) is 5.92 Å². The molecule has 0 aromatic heterocycles. The van der Waals surface area contributed by atoms with Crippen molar-refractivity contribution in [1.29, 1.82) is 0 Å². The minimum Gasteiger partial charge on any atom is -0.481 e. The van der Waals surface area contributed by atoms with Crippen molar-refractivity contribution in [2.24, 2.45) is 23.7 Å². The molecule has 0 bridgehead atoms. The second-order valence-electron chi connectivity index (χ2n) is 9.12. The molecule has 3 atom stereocenters. The monoisotopic (exact) mass is 386 g/mol. The maximum absolute atomic E-state index is 10.6. The first-order chi connectivity index (χ1) is 13.7. The van der Waals surface area contributed by atoms with Gasteiger partial charge in [-0.1, -0.05) is 76.4 Å². The second-order valence-corrected chi connectivity index (χ2v) is 9.12. The molecular weight excluding hydrogens is 344 g/mol. The molecule has 2 fully saturated rings. The lowest BCUT2D eigenvalue weighted by molar-refractivity contribution is -0.137. The zero-order chi connectivity index (χ0) is 20.0. The lowest BCUT2D eigenvalue weighted by atomic mass is 9.76. The highest BCUT2D eigenvalue weighted by molar-refractivity contribution is 5.66. The van der Waals surface area contributed by atoms with E-state index in [1.54, 1.807) is 0 Å². The van der Waals surface area contributed by atoms with Crippen molar-refractivity contribution in [3.05, 3.63) is 12.2 Å². The van der Waals surface area contributed by atoms with Crippen molar-refractivity contribution < 1.29 is 9.90 Å². The van der Waals surface area contributed by atoms with Crippen molar-refractivity contribution >= 4 is 5.97 Å². The van der Waals surface area contributed by atoms with Crippen LogP contribution in [-0.2, 0) is 4.79 Å². The van der Waals surface area contributed by atoms with Gasteiger partial charge in [0, 0.05) is 18.8 Å². The molecule has 2 saturated carbocycles. The fraction of sp³-hybridized carbons (Fsp3) is 0.808. The SMILES string of the molecule is CCCCC(CC#C[C@H]1CCC[C@@H]1CC=CCCCC(=O)O)C1CCCCC1. The van der Waals surface area contributed by atoms with Gasteiger partial charge in [-0.2, -0.15) is 0 Å². The van der Waals surface area contributed by atoms with Crippen LogP contribution in [0.4, 0.5) is 0 Å². The van der Waals surface area contributed by atoms with E-state index in [1.807, 2.05) is 0 Å². The standard InChI is InChI=1S/C26H42O2/c1-2-3-13-22(23-15-8-6-9-16-23)17-11-19-25-20-12-18-24(25)14-7-4-5-10-21-26(27)28/h4,7,22-25H,2-3,5-6,8-10,12-18,20-21H2,1H3,(H,27,28)/t22?,24-,25-/m0/s1. The highest BCUT2D eigenvalue weighted by Gasteiger charge is 2.25. The van der Waals surface area contributed by atoms with E-state index in [4.69, 9.17) is 5.11 Å². The largest absolute Gasteiger partial charge is 0.481 e. The summed E-state index contributed by atoms with van der Waals surface area (Å²) in [5, 5.41) is 8.69. The summed E-state index contributed by atoms with van der Waals surface area (Å²) in [6.45, 7) is 2.31. The number of aliphatic carboxylic acids is 1. The highest BCUT2D eigenvalue weighted by atomic mass is 16.4. The van der Waals surface area contributed by atoms with E-state index in [0.29, 0.717) is 11.8 Å². The van der Waals surface area contributed by atoms with Crippen molar-refractivity contribution in [3.8, 4) is 11.8 Å². The smallest absolute Gasteiger partial charge is 0.303 e. The minimum absolute atomic E-state index is 0.280. The molecule has 0 aromatic rings. The van der Waals surface area contributed by atoms with Gasteiger partial charge in [-0.25, -0.2) is 0 Å². The predicted molar refractivity (Wildman–Crippen MR) is 118 cm³/mol. The molecule has 2 nitrogen and oxygen atoms in total. The molecular formula is C26H42O2. The van der Waals surface area contributed by atoms with Crippen molar-refractivity contribution in [1.82, 2.24) is 0 Å². The number of hydrogen-bond acceptors (Lipinski definition) is 1. The topological polar surface area (TPSA) is 37.3 Å². The van der Waals surface area contributed by atoms with E-state index in [1.165, 1.54) is 70.6 Å². The van der Waals surface area contributed by atoms with Gasteiger partial charge in [-0.3, -0.25) is 4.79 Å². The summed E-state index contributed by atoms with van der Waals surface area (Å²) in [5.41, 5.74) is 0. The van der Waals surface area contributed by atoms with Crippen LogP contribution in [0.3, 0.4) is 0 Å². The third kappa shape index (κ3) is 8.85. The molecule has 0 aliphatic heterocycles. The van der Waals surface area contributed by atoms with Crippen molar-refractivity contribution in [2.75, 3.05) is 0 Å². The zero-order valence-electron chi connectivity index (χ0n) is 18.1. The average Bonchev–Trinajstić information content (AvgIpc) is 3.15. The summed E-state index contributed by atoms with van der Waals surface area (Å²) in [6, 6.07) is 0. The van der Waals surface area contributed by atoms with E-state index in [2.05, 4.69) is 30.9 Å². The average molecular weight is 387 g/mol. The van der Waals surface area contributed by atoms with Gasteiger partial charge in [0.15, 0.2) is 0 Å². The summed E-state index contributed by atoms with van der Waals surface area (Å²) in [5.74, 6) is 9.71. The van der Waals surface area contributed by atoms with E-state index in [-0.39, 0.29) is 6.42 Å². The van der Waals surface area contributed by atoms with E-state index < -0.39 is 5.97 Å². The molecule has 28 heavy (non-hydrogen) atoms. The fourth-order valence-corrected chi connectivity index (χ4v) is 5.17. The molecule has 2 rings (SSSR count). The lowest BCUT2D eigenvalue weighted by Gasteiger charge is -2.29. The minimum atomic E-state index is -0.690. The van der Waals surface area contributed by atoms with Crippen molar-refractivity contribution in [2.45, 2.75) is 110 Å². The fourth-order valence-electron chi connectivity index (χ4n) is 5.17. The molecule has 0 amide bonds. The van der Waals surface area contributed by atoms with Crippen molar-refractivity contribution in [3.63, 3.8) is 0 Å². The third-order valence-electron chi connectivity index (χ3n) is 6.92. The predicted octanol–water partition coefficient (Wildman–Crippen LogP) is 7.38. The highest BCUT2D eigenvalue weighted by Crippen LogP contribution is 2.36.